The SMILES string of the molecule is Cc1ccccc1-c1[nH]c2cc(NC(=O)c3ccnn3C)ccc2c1C(C)(C)C.Cc1ccccc1-c1cc2ccc(Br)cc2n1C(=O)OC(C)(C)C.Cc1ccccc1-c1cc2ccc(NC(=O)c3ccnn3C)cc2[nH]1.Cc1ccccc1-c1cc2ccc(NC(=O)c3ccnn3C)cc2n1C(=O)OC(C)(C)C. The van der Waals surface area contributed by atoms with Crippen LogP contribution in [0.5, 0.6) is 0 Å². The molecule has 110 heavy (non-hydrogen) atoms. The zero-order chi connectivity index (χ0) is 78.7. The Morgan fingerprint density at radius 1 is 0.400 bits per heavy atom. The number of aromatic amines is 2. The Bertz CT molecular complexity index is 5970. The molecule has 0 saturated carbocycles. The van der Waals surface area contributed by atoms with Crippen molar-refractivity contribution < 1.29 is 33.4 Å². The number of hydrogen-bond donors (Lipinski definition) is 5. The van der Waals surface area contributed by atoms with Gasteiger partial charge in [-0.05, 0) is 187 Å². The molecule has 7 heterocycles. The Morgan fingerprint density at radius 2 is 0.782 bits per heavy atom. The number of fused-ring (bicyclic) bond motifs is 4. The van der Waals surface area contributed by atoms with Gasteiger partial charge in [-0.3, -0.25) is 28.4 Å². The number of halogens is 1. The first-order valence-corrected chi connectivity index (χ1v) is 36.9. The van der Waals surface area contributed by atoms with Crippen LogP contribution in [0.2, 0.25) is 0 Å². The van der Waals surface area contributed by atoms with Crippen LogP contribution in [0.1, 0.15) is 122 Å². The van der Waals surface area contributed by atoms with Crippen molar-refractivity contribution in [3.05, 3.63) is 274 Å². The highest BCUT2D eigenvalue weighted by Gasteiger charge is 2.28. The van der Waals surface area contributed by atoms with Crippen molar-refractivity contribution in [3.63, 3.8) is 0 Å². The molecule has 7 aromatic heterocycles. The number of benzene rings is 8. The van der Waals surface area contributed by atoms with Gasteiger partial charge in [-0.15, -0.1) is 0 Å². The van der Waals surface area contributed by atoms with Gasteiger partial charge in [-0.2, -0.15) is 15.3 Å². The van der Waals surface area contributed by atoms with E-state index in [1.807, 2.05) is 189 Å². The minimum atomic E-state index is -0.651. The maximum Gasteiger partial charge on any atom is 0.419 e. The lowest BCUT2D eigenvalue weighted by Gasteiger charge is -2.21. The van der Waals surface area contributed by atoms with Gasteiger partial charge < -0.3 is 35.4 Å². The average Bonchev–Trinajstić information content (AvgIpc) is 1.62. The molecule has 15 aromatic rings. The van der Waals surface area contributed by atoms with E-state index in [9.17, 15) is 24.0 Å². The Kier molecular flexibility index (Phi) is 22.2. The summed E-state index contributed by atoms with van der Waals surface area (Å²) in [6, 6.07) is 67.1. The molecule has 21 heteroatoms. The van der Waals surface area contributed by atoms with Gasteiger partial charge in [-0.1, -0.05) is 158 Å². The fraction of sp³-hybridized carbons (Fsp3) is 0.213. The smallest absolute Gasteiger partial charge is 0.419 e. The van der Waals surface area contributed by atoms with Crippen molar-refractivity contribution in [1.82, 2.24) is 48.4 Å². The highest BCUT2D eigenvalue weighted by molar-refractivity contribution is 9.10. The summed E-state index contributed by atoms with van der Waals surface area (Å²) < 4.78 is 20.1. The molecule has 0 atom stereocenters. The van der Waals surface area contributed by atoms with Gasteiger partial charge in [-0.25, -0.2) is 18.7 Å². The van der Waals surface area contributed by atoms with E-state index in [0.717, 1.165) is 93.6 Å². The van der Waals surface area contributed by atoms with E-state index in [4.69, 9.17) is 9.47 Å². The van der Waals surface area contributed by atoms with Crippen LogP contribution in [-0.2, 0) is 36.0 Å². The van der Waals surface area contributed by atoms with Crippen LogP contribution in [0.25, 0.3) is 88.6 Å². The van der Waals surface area contributed by atoms with Crippen LogP contribution in [0.15, 0.2) is 229 Å². The Hall–Kier alpha value is -12.6. The van der Waals surface area contributed by atoms with Crippen molar-refractivity contribution in [2.24, 2.45) is 21.1 Å². The van der Waals surface area contributed by atoms with Gasteiger partial charge in [0, 0.05) is 122 Å². The zero-order valence-corrected chi connectivity index (χ0v) is 66.3. The van der Waals surface area contributed by atoms with Crippen LogP contribution in [0.4, 0.5) is 26.7 Å². The maximum atomic E-state index is 13.2. The lowest BCUT2D eigenvalue weighted by atomic mass is 9.83. The topological polar surface area (TPSA) is 235 Å². The molecule has 0 bridgehead atoms. The number of amides is 3. The largest absolute Gasteiger partial charge is 0.443 e. The van der Waals surface area contributed by atoms with Crippen molar-refractivity contribution in [2.45, 2.75) is 107 Å². The molecular weight excluding hydrogens is 1440 g/mol. The molecular formula is C89H90BrN13O7. The second-order valence-corrected chi connectivity index (χ2v) is 31.1. The highest BCUT2D eigenvalue weighted by Crippen LogP contribution is 2.41. The third kappa shape index (κ3) is 17.3. The number of carbonyl (C=O) groups is 5. The Balaban J connectivity index is 0.000000137. The summed E-state index contributed by atoms with van der Waals surface area (Å²) in [5, 5.41) is 25.1. The fourth-order valence-electron chi connectivity index (χ4n) is 13.3. The molecule has 560 valence electrons. The van der Waals surface area contributed by atoms with Gasteiger partial charge in [0.15, 0.2) is 0 Å². The predicted octanol–water partition coefficient (Wildman–Crippen LogP) is 21.1. The lowest BCUT2D eigenvalue weighted by Crippen LogP contribution is -2.27. The van der Waals surface area contributed by atoms with Crippen LogP contribution in [-0.4, -0.2) is 89.6 Å². The summed E-state index contributed by atoms with van der Waals surface area (Å²) in [5.41, 5.74) is 19.8. The third-order valence-electron chi connectivity index (χ3n) is 18.5. The molecule has 0 radical (unpaired) electrons. The van der Waals surface area contributed by atoms with E-state index in [1.165, 1.54) is 37.9 Å². The van der Waals surface area contributed by atoms with Crippen molar-refractivity contribution in [3.8, 4) is 45.0 Å². The summed E-state index contributed by atoms with van der Waals surface area (Å²) in [6.07, 6.45) is 3.96. The molecule has 0 aliphatic heterocycles. The minimum absolute atomic E-state index is 0.0324. The highest BCUT2D eigenvalue weighted by atomic mass is 79.9. The second-order valence-electron chi connectivity index (χ2n) is 30.2. The molecule has 0 spiro atoms. The van der Waals surface area contributed by atoms with E-state index in [0.29, 0.717) is 28.3 Å². The third-order valence-corrected chi connectivity index (χ3v) is 19.0. The number of aryl methyl sites for hydroxylation is 7. The molecule has 8 aromatic carbocycles. The van der Waals surface area contributed by atoms with Gasteiger partial charge in [0.05, 0.1) is 28.1 Å². The summed E-state index contributed by atoms with van der Waals surface area (Å²) in [4.78, 5) is 70.7. The Labute approximate surface area is 647 Å². The van der Waals surface area contributed by atoms with Crippen LogP contribution in [0.3, 0.4) is 0 Å². The quantitative estimate of drug-likeness (QED) is 0.0868. The summed E-state index contributed by atoms with van der Waals surface area (Å²) in [7, 11) is 5.21. The molecule has 0 unspecified atom stereocenters. The first-order valence-electron chi connectivity index (χ1n) is 36.1. The molecule has 3 amide bonds. The molecule has 0 fully saturated rings. The van der Waals surface area contributed by atoms with Gasteiger partial charge >= 0.3 is 12.2 Å². The van der Waals surface area contributed by atoms with E-state index in [1.54, 1.807) is 82.5 Å². The number of nitrogens with one attached hydrogen (secondary N) is 5. The number of carbonyl (C=O) groups excluding carboxylic acids is 5. The Morgan fingerprint density at radius 3 is 1.20 bits per heavy atom. The predicted molar refractivity (Wildman–Crippen MR) is 444 cm³/mol. The minimum Gasteiger partial charge on any atom is -0.443 e. The van der Waals surface area contributed by atoms with Crippen LogP contribution in [0, 0.1) is 27.7 Å². The molecule has 0 aliphatic carbocycles. The normalized spacial score (nSPS) is 11.5. The monoisotopic (exact) mass is 1530 g/mol. The number of nitrogens with zero attached hydrogens (tertiary/aromatic N) is 8. The summed E-state index contributed by atoms with van der Waals surface area (Å²) in [5.74, 6) is -0.630. The number of ether oxygens (including phenoxy) is 2. The van der Waals surface area contributed by atoms with Crippen molar-refractivity contribution in [1.29, 1.82) is 0 Å². The fourth-order valence-corrected chi connectivity index (χ4v) is 13.6. The van der Waals surface area contributed by atoms with Gasteiger partial charge in [0.1, 0.15) is 28.3 Å². The maximum absolute atomic E-state index is 13.2. The standard InChI is InChI=1S/C25H26N4O3.C24H26N4O.C20H20BrNO2.C20H18N4O/c1-16-8-6-7-9-19(16)22-14-17-10-11-18(27-23(30)20-12-13-26-28(20)5)15-21(17)29(22)24(31)32-25(2,3)4;1-15-8-6-7-9-17(15)22-21(24(2,3)4)18-11-10-16(14-19(18)27-22)26-23(29)20-12-13-25-28(20)5;1-13-7-5-6-8-16(13)18-11-14-9-10-15(21)12-17(14)22(18)19(23)24-20(2,3)4;1-13-5-3-4-6-16(13)18-11-14-7-8-15(12-17(14)23-18)22-20(25)19-9-10-21-24(19)2/h6-15H,1-5H3,(H,27,30);6-14,27H,1-5H3,(H,26,29);5-12H,1-4H3;3-12,23H,1-2H3,(H,22,25). The molecule has 0 aliphatic rings. The van der Waals surface area contributed by atoms with Crippen LogP contribution < -0.4 is 16.0 Å². The van der Waals surface area contributed by atoms with Crippen molar-refractivity contribution in [2.75, 3.05) is 16.0 Å². The molecule has 5 N–H and O–H groups in total. The van der Waals surface area contributed by atoms with E-state index < -0.39 is 17.3 Å². The number of anilines is 3. The van der Waals surface area contributed by atoms with E-state index >= 15 is 0 Å². The number of hydrogen-bond acceptors (Lipinski definition) is 10. The second kappa shape index (κ2) is 31.7. The first kappa shape index (κ1) is 77.0. The van der Waals surface area contributed by atoms with Crippen molar-refractivity contribution >= 4 is 107 Å². The first-order chi connectivity index (χ1) is 52.3. The summed E-state index contributed by atoms with van der Waals surface area (Å²) >= 11 is 3.49. The summed E-state index contributed by atoms with van der Waals surface area (Å²) in [6.45, 7) is 26.1. The zero-order valence-electron chi connectivity index (χ0n) is 64.7. The number of rotatable bonds is 10. The van der Waals surface area contributed by atoms with E-state index in [2.05, 4.69) is 140 Å². The molecule has 0 saturated heterocycles. The number of H-pyrrole nitrogens is 2. The number of aromatic nitrogens is 10. The van der Waals surface area contributed by atoms with Gasteiger partial charge in [0.2, 0.25) is 0 Å². The van der Waals surface area contributed by atoms with E-state index in [-0.39, 0.29) is 29.2 Å². The van der Waals surface area contributed by atoms with Crippen LogP contribution >= 0.6 is 15.9 Å². The molecule has 20 nitrogen and oxygen atoms in total. The van der Waals surface area contributed by atoms with Gasteiger partial charge in [0.25, 0.3) is 17.7 Å². The molecule has 15 rings (SSSR count). The average molecular weight is 1530 g/mol. The lowest BCUT2D eigenvalue weighted by molar-refractivity contribution is 0.0535.